The Bertz CT molecular complexity index is 1050. The number of alkyl halides is 3. The fourth-order valence-corrected chi connectivity index (χ4v) is 2.71. The van der Waals surface area contributed by atoms with E-state index in [4.69, 9.17) is 0 Å². The molecular weight excluding hydrogens is 375 g/mol. The van der Waals surface area contributed by atoms with E-state index in [9.17, 15) is 22.8 Å². The summed E-state index contributed by atoms with van der Waals surface area (Å²) in [5.74, 6) is -1.06. The molecule has 0 atom stereocenters. The zero-order valence-electron chi connectivity index (χ0n) is 14.9. The lowest BCUT2D eigenvalue weighted by molar-refractivity contribution is -0.274. The summed E-state index contributed by atoms with van der Waals surface area (Å²) in [5, 5.41) is 2.54. The second kappa shape index (κ2) is 7.26. The molecule has 0 saturated heterocycles. The maximum absolute atomic E-state index is 12.8. The first kappa shape index (κ1) is 19.3. The summed E-state index contributed by atoms with van der Waals surface area (Å²) >= 11 is 0. The van der Waals surface area contributed by atoms with E-state index in [1.165, 1.54) is 16.8 Å². The van der Waals surface area contributed by atoms with Crippen LogP contribution in [0.1, 0.15) is 16.1 Å². The third-order valence-electron chi connectivity index (χ3n) is 4.14. The topological polar surface area (TPSA) is 65.3 Å². The summed E-state index contributed by atoms with van der Waals surface area (Å²) in [4.78, 5) is 25.2. The number of amides is 1. The molecule has 1 N–H and O–H groups in total. The largest absolute Gasteiger partial charge is 0.573 e. The summed E-state index contributed by atoms with van der Waals surface area (Å²) < 4.78 is 43.4. The molecule has 0 radical (unpaired) electrons. The lowest BCUT2D eigenvalue weighted by atomic mass is 10.2. The smallest absolute Gasteiger partial charge is 0.406 e. The normalized spacial score (nSPS) is 11.3. The van der Waals surface area contributed by atoms with E-state index in [0.717, 1.165) is 12.1 Å². The van der Waals surface area contributed by atoms with Gasteiger partial charge in [0.1, 0.15) is 11.4 Å². The summed E-state index contributed by atoms with van der Waals surface area (Å²) in [5.41, 5.74) is 0.915. The molecule has 9 heteroatoms. The van der Waals surface area contributed by atoms with Gasteiger partial charge in [0.2, 0.25) is 0 Å². The van der Waals surface area contributed by atoms with Gasteiger partial charge in [-0.1, -0.05) is 18.2 Å². The van der Waals surface area contributed by atoms with Crippen molar-refractivity contribution < 1.29 is 22.7 Å². The highest BCUT2D eigenvalue weighted by Gasteiger charge is 2.31. The van der Waals surface area contributed by atoms with Gasteiger partial charge in [-0.05, 0) is 43.3 Å². The highest BCUT2D eigenvalue weighted by molar-refractivity contribution is 6.04. The van der Waals surface area contributed by atoms with E-state index < -0.39 is 23.6 Å². The van der Waals surface area contributed by atoms with Gasteiger partial charge in [0.15, 0.2) is 0 Å². The average Bonchev–Trinajstić information content (AvgIpc) is 2.85. The van der Waals surface area contributed by atoms with Gasteiger partial charge in [-0.3, -0.25) is 14.3 Å². The van der Waals surface area contributed by atoms with Crippen molar-refractivity contribution in [2.24, 2.45) is 7.05 Å². The molecule has 28 heavy (non-hydrogen) atoms. The minimum Gasteiger partial charge on any atom is -0.406 e. The Balaban J connectivity index is 1.86. The van der Waals surface area contributed by atoms with Crippen LogP contribution in [0.5, 0.6) is 5.75 Å². The number of para-hydroxylation sites is 1. The number of rotatable bonds is 4. The van der Waals surface area contributed by atoms with Gasteiger partial charge >= 0.3 is 6.36 Å². The van der Waals surface area contributed by atoms with Crippen LogP contribution in [0.4, 0.5) is 18.9 Å². The van der Waals surface area contributed by atoms with Crippen LogP contribution in [0.15, 0.2) is 59.4 Å². The van der Waals surface area contributed by atoms with Crippen molar-refractivity contribution in [1.29, 1.82) is 0 Å². The van der Waals surface area contributed by atoms with Gasteiger partial charge in [0.25, 0.3) is 11.5 Å². The first-order valence-electron chi connectivity index (χ1n) is 8.18. The summed E-state index contributed by atoms with van der Waals surface area (Å²) in [7, 11) is 1.68. The molecular formula is C19H16F3N3O3. The Morgan fingerprint density at radius 2 is 1.64 bits per heavy atom. The molecule has 6 nitrogen and oxygen atoms in total. The van der Waals surface area contributed by atoms with Crippen LogP contribution >= 0.6 is 0 Å². The van der Waals surface area contributed by atoms with Crippen LogP contribution in [0, 0.1) is 6.92 Å². The summed E-state index contributed by atoms with van der Waals surface area (Å²) in [6.07, 6.45) is -4.81. The van der Waals surface area contributed by atoms with Crippen molar-refractivity contribution >= 4 is 11.6 Å². The van der Waals surface area contributed by atoms with Crippen LogP contribution in [0.25, 0.3) is 5.69 Å². The first-order chi connectivity index (χ1) is 13.2. The van der Waals surface area contributed by atoms with Gasteiger partial charge in [0, 0.05) is 12.6 Å². The number of hydrogen-bond donors (Lipinski definition) is 1. The van der Waals surface area contributed by atoms with Crippen molar-refractivity contribution in [3.05, 3.63) is 76.2 Å². The Hall–Kier alpha value is -3.49. The first-order valence-corrected chi connectivity index (χ1v) is 8.18. The number of hydrogen-bond acceptors (Lipinski definition) is 3. The number of aromatic nitrogens is 2. The number of carbonyl (C=O) groups excluding carboxylic acids is 1. The van der Waals surface area contributed by atoms with Crippen molar-refractivity contribution in [3.63, 3.8) is 0 Å². The monoisotopic (exact) mass is 391 g/mol. The SMILES string of the molecule is Cc1c(NC(=O)c2ccc(OC(F)(F)F)cc2)c(=O)n(-c2ccccc2)n1C. The second-order valence-corrected chi connectivity index (χ2v) is 5.96. The number of anilines is 1. The highest BCUT2D eigenvalue weighted by atomic mass is 19.4. The molecule has 0 aliphatic rings. The number of ether oxygens (including phenoxy) is 1. The molecule has 1 amide bonds. The fourth-order valence-electron chi connectivity index (χ4n) is 2.71. The van der Waals surface area contributed by atoms with E-state index >= 15 is 0 Å². The predicted octanol–water partition coefficient (Wildman–Crippen LogP) is 3.64. The number of benzene rings is 2. The quantitative estimate of drug-likeness (QED) is 0.739. The van der Waals surface area contributed by atoms with E-state index in [1.54, 1.807) is 42.9 Å². The highest BCUT2D eigenvalue weighted by Crippen LogP contribution is 2.23. The van der Waals surface area contributed by atoms with Gasteiger partial charge in [0.05, 0.1) is 11.4 Å². The van der Waals surface area contributed by atoms with Gasteiger partial charge in [-0.2, -0.15) is 0 Å². The zero-order valence-corrected chi connectivity index (χ0v) is 14.9. The van der Waals surface area contributed by atoms with Gasteiger partial charge < -0.3 is 10.1 Å². The lowest BCUT2D eigenvalue weighted by Crippen LogP contribution is -2.23. The molecule has 3 aromatic rings. The molecule has 1 aromatic heterocycles. The van der Waals surface area contributed by atoms with Crippen molar-refractivity contribution in [2.45, 2.75) is 13.3 Å². The predicted molar refractivity (Wildman–Crippen MR) is 96.8 cm³/mol. The summed E-state index contributed by atoms with van der Waals surface area (Å²) in [6.45, 7) is 1.68. The minimum absolute atomic E-state index is 0.0865. The Labute approximate surface area is 157 Å². The lowest BCUT2D eigenvalue weighted by Gasteiger charge is -2.09. The van der Waals surface area contributed by atoms with E-state index in [2.05, 4.69) is 10.1 Å². The van der Waals surface area contributed by atoms with Crippen LogP contribution < -0.4 is 15.6 Å². The van der Waals surface area contributed by atoms with Crippen LogP contribution in [-0.2, 0) is 7.05 Å². The zero-order chi connectivity index (χ0) is 20.5. The van der Waals surface area contributed by atoms with Crippen LogP contribution in [-0.4, -0.2) is 21.6 Å². The molecule has 0 aliphatic carbocycles. The average molecular weight is 391 g/mol. The molecule has 146 valence electrons. The molecule has 3 rings (SSSR count). The molecule has 0 unspecified atom stereocenters. The maximum Gasteiger partial charge on any atom is 0.573 e. The Morgan fingerprint density at radius 3 is 2.21 bits per heavy atom. The summed E-state index contributed by atoms with van der Waals surface area (Å²) in [6, 6.07) is 13.3. The van der Waals surface area contributed by atoms with E-state index in [1.807, 2.05) is 6.07 Å². The molecule has 0 fully saturated rings. The third-order valence-corrected chi connectivity index (χ3v) is 4.14. The Kier molecular flexibility index (Phi) is 5.00. The number of halogens is 3. The Morgan fingerprint density at radius 1 is 1.04 bits per heavy atom. The number of nitrogens with one attached hydrogen (secondary N) is 1. The second-order valence-electron chi connectivity index (χ2n) is 5.96. The standard InChI is InChI=1S/C19H16F3N3O3/c1-12-16(18(27)25(24(12)2)14-6-4-3-5-7-14)23-17(26)13-8-10-15(11-9-13)28-19(20,21)22/h3-11H,1-2H3,(H,23,26). The van der Waals surface area contributed by atoms with Gasteiger partial charge in [-0.25, -0.2) is 4.68 Å². The molecule has 0 bridgehead atoms. The number of nitrogens with zero attached hydrogens (tertiary/aromatic N) is 2. The van der Waals surface area contributed by atoms with Crippen LogP contribution in [0.3, 0.4) is 0 Å². The van der Waals surface area contributed by atoms with E-state index in [0.29, 0.717) is 11.4 Å². The van der Waals surface area contributed by atoms with Crippen molar-refractivity contribution in [3.8, 4) is 11.4 Å². The molecule has 0 saturated carbocycles. The maximum atomic E-state index is 12.8. The van der Waals surface area contributed by atoms with Crippen molar-refractivity contribution in [1.82, 2.24) is 9.36 Å². The molecule has 2 aromatic carbocycles. The molecule has 1 heterocycles. The van der Waals surface area contributed by atoms with Gasteiger partial charge in [-0.15, -0.1) is 13.2 Å². The minimum atomic E-state index is -4.81. The third kappa shape index (κ3) is 3.93. The van der Waals surface area contributed by atoms with E-state index in [-0.39, 0.29) is 11.3 Å². The van der Waals surface area contributed by atoms with Crippen LogP contribution in [0.2, 0.25) is 0 Å². The molecule has 0 spiro atoms. The number of carbonyl (C=O) groups is 1. The van der Waals surface area contributed by atoms with Crippen molar-refractivity contribution in [2.75, 3.05) is 5.32 Å². The molecule has 0 aliphatic heterocycles. The fraction of sp³-hybridized carbons (Fsp3) is 0.158.